The van der Waals surface area contributed by atoms with Crippen LogP contribution < -0.4 is 0 Å². The zero-order valence-electron chi connectivity index (χ0n) is 13.5. The van der Waals surface area contributed by atoms with Crippen LogP contribution in [0, 0.1) is 23.6 Å². The molecule has 1 aliphatic heterocycles. The third-order valence-electron chi connectivity index (χ3n) is 3.78. The molecule has 0 N–H and O–H groups in total. The summed E-state index contributed by atoms with van der Waals surface area (Å²) in [7, 11) is 0. The van der Waals surface area contributed by atoms with Crippen LogP contribution in [0.5, 0.6) is 0 Å². The molecular weight excluding hydrogens is 303 g/mol. The number of halogens is 1. The maximum atomic E-state index is 13.0. The van der Waals surface area contributed by atoms with Gasteiger partial charge in [0.1, 0.15) is 5.82 Å². The fourth-order valence-corrected chi connectivity index (χ4v) is 2.52. The van der Waals surface area contributed by atoms with E-state index in [1.807, 2.05) is 37.3 Å². The van der Waals surface area contributed by atoms with Gasteiger partial charge in [-0.05, 0) is 48.2 Å². The largest absolute Gasteiger partial charge is 0.341 e. The van der Waals surface area contributed by atoms with Crippen molar-refractivity contribution in [2.24, 2.45) is 5.92 Å². The van der Waals surface area contributed by atoms with Gasteiger partial charge in [-0.15, -0.1) is 0 Å². The fourth-order valence-electron chi connectivity index (χ4n) is 2.52. The summed E-state index contributed by atoms with van der Waals surface area (Å²) in [5.74, 6) is 6.15. The molecule has 0 aliphatic carbocycles. The van der Waals surface area contributed by atoms with Crippen LogP contribution in [0.3, 0.4) is 0 Å². The molecule has 1 heterocycles. The standard InChI is InChI=1S/C21H19FO2/c1-2-3-17-14-23-21(24-15-17)13-6-16-4-7-18(8-5-16)19-9-11-20(22)12-10-19/h2-5,7-12,17,21H,14-15H2,1H3/t17-,21-. The molecule has 0 atom stereocenters. The molecule has 2 aromatic carbocycles. The third kappa shape index (κ3) is 4.32. The van der Waals surface area contributed by atoms with E-state index in [1.54, 1.807) is 12.1 Å². The summed E-state index contributed by atoms with van der Waals surface area (Å²) in [6.45, 7) is 3.25. The first-order valence-electron chi connectivity index (χ1n) is 7.98. The Morgan fingerprint density at radius 1 is 0.958 bits per heavy atom. The first-order valence-corrected chi connectivity index (χ1v) is 7.98. The molecule has 2 aromatic rings. The minimum absolute atomic E-state index is 0.231. The molecule has 0 aromatic heterocycles. The van der Waals surface area contributed by atoms with E-state index in [-0.39, 0.29) is 5.82 Å². The molecule has 0 unspecified atom stereocenters. The predicted octanol–water partition coefficient (Wildman–Crippen LogP) is 4.41. The van der Waals surface area contributed by atoms with Gasteiger partial charge in [0.25, 0.3) is 0 Å². The van der Waals surface area contributed by atoms with Crippen molar-refractivity contribution in [3.63, 3.8) is 0 Å². The number of allylic oxidation sites excluding steroid dienone is 1. The molecule has 1 saturated heterocycles. The van der Waals surface area contributed by atoms with Crippen molar-refractivity contribution in [3.8, 4) is 23.0 Å². The second kappa shape index (κ2) is 7.92. The number of hydrogen-bond donors (Lipinski definition) is 0. The highest BCUT2D eigenvalue weighted by molar-refractivity contribution is 5.64. The molecule has 2 nitrogen and oxygen atoms in total. The topological polar surface area (TPSA) is 18.5 Å². The Morgan fingerprint density at radius 3 is 2.12 bits per heavy atom. The van der Waals surface area contributed by atoms with E-state index in [2.05, 4.69) is 17.9 Å². The molecule has 122 valence electrons. The summed E-state index contributed by atoms with van der Waals surface area (Å²) >= 11 is 0. The second-order valence-electron chi connectivity index (χ2n) is 5.64. The smallest absolute Gasteiger partial charge is 0.222 e. The molecule has 0 bridgehead atoms. The second-order valence-corrected chi connectivity index (χ2v) is 5.64. The Balaban J connectivity index is 1.62. The van der Waals surface area contributed by atoms with Gasteiger partial charge >= 0.3 is 0 Å². The molecule has 24 heavy (non-hydrogen) atoms. The third-order valence-corrected chi connectivity index (χ3v) is 3.78. The first-order chi connectivity index (χ1) is 11.7. The minimum atomic E-state index is -0.469. The number of hydrogen-bond acceptors (Lipinski definition) is 2. The van der Waals surface area contributed by atoms with Crippen LogP contribution in [0.4, 0.5) is 4.39 Å². The number of rotatable bonds is 2. The Kier molecular flexibility index (Phi) is 5.43. The SMILES string of the molecule is CC=C[C@H]1CO[C@H](C#Cc2ccc(-c3ccc(F)cc3)cc2)OC1. The van der Waals surface area contributed by atoms with Gasteiger partial charge in [0.2, 0.25) is 6.29 Å². The highest BCUT2D eigenvalue weighted by atomic mass is 19.1. The van der Waals surface area contributed by atoms with E-state index in [4.69, 9.17) is 9.47 Å². The van der Waals surface area contributed by atoms with Crippen molar-refractivity contribution in [1.29, 1.82) is 0 Å². The Bertz CT molecular complexity index is 743. The Labute approximate surface area is 141 Å². The Morgan fingerprint density at radius 2 is 1.54 bits per heavy atom. The lowest BCUT2D eigenvalue weighted by molar-refractivity contribution is -0.160. The predicted molar refractivity (Wildman–Crippen MR) is 92.7 cm³/mol. The zero-order valence-corrected chi connectivity index (χ0v) is 13.5. The summed E-state index contributed by atoms with van der Waals surface area (Å²) in [5, 5.41) is 0. The highest BCUT2D eigenvalue weighted by Crippen LogP contribution is 2.20. The highest BCUT2D eigenvalue weighted by Gasteiger charge is 2.18. The molecule has 0 saturated carbocycles. The lowest BCUT2D eigenvalue weighted by atomic mass is 10.0. The van der Waals surface area contributed by atoms with Crippen molar-refractivity contribution >= 4 is 0 Å². The average Bonchev–Trinajstić information content (AvgIpc) is 2.63. The molecule has 0 radical (unpaired) electrons. The zero-order chi connectivity index (χ0) is 16.8. The molecule has 1 aliphatic rings. The summed E-state index contributed by atoms with van der Waals surface area (Å²) < 4.78 is 24.1. The molecule has 1 fully saturated rings. The summed E-state index contributed by atoms with van der Waals surface area (Å²) in [6.07, 6.45) is 3.62. The van der Waals surface area contributed by atoms with Crippen LogP contribution in [-0.2, 0) is 9.47 Å². The first kappa shape index (κ1) is 16.4. The van der Waals surface area contributed by atoms with E-state index in [9.17, 15) is 4.39 Å². The van der Waals surface area contributed by atoms with E-state index in [0.29, 0.717) is 19.1 Å². The van der Waals surface area contributed by atoms with E-state index in [0.717, 1.165) is 16.7 Å². The lowest BCUT2D eigenvalue weighted by Gasteiger charge is -2.24. The van der Waals surface area contributed by atoms with Crippen molar-refractivity contribution in [2.45, 2.75) is 13.2 Å². The fraction of sp³-hybridized carbons (Fsp3) is 0.238. The lowest BCUT2D eigenvalue weighted by Crippen LogP contribution is -2.30. The molecule has 0 amide bonds. The van der Waals surface area contributed by atoms with Crippen LogP contribution >= 0.6 is 0 Å². The van der Waals surface area contributed by atoms with Gasteiger partial charge in [0.05, 0.1) is 13.2 Å². The van der Waals surface area contributed by atoms with Crippen LogP contribution in [-0.4, -0.2) is 19.5 Å². The number of benzene rings is 2. The Hall–Kier alpha value is -2.41. The van der Waals surface area contributed by atoms with Crippen molar-refractivity contribution in [2.75, 3.05) is 13.2 Å². The van der Waals surface area contributed by atoms with Gasteiger partial charge in [0.15, 0.2) is 0 Å². The molecule has 3 rings (SSSR count). The average molecular weight is 322 g/mol. The normalized spacial score (nSPS) is 20.6. The number of ether oxygens (including phenoxy) is 2. The van der Waals surface area contributed by atoms with E-state index in [1.165, 1.54) is 12.1 Å². The molecule has 3 heteroatoms. The summed E-state index contributed by atoms with van der Waals surface area (Å²) in [5.41, 5.74) is 2.90. The van der Waals surface area contributed by atoms with Gasteiger partial charge in [0, 0.05) is 11.5 Å². The van der Waals surface area contributed by atoms with Crippen LogP contribution in [0.25, 0.3) is 11.1 Å². The van der Waals surface area contributed by atoms with Gasteiger partial charge in [-0.1, -0.05) is 42.3 Å². The van der Waals surface area contributed by atoms with Gasteiger partial charge in [-0.2, -0.15) is 0 Å². The minimum Gasteiger partial charge on any atom is -0.341 e. The summed E-state index contributed by atoms with van der Waals surface area (Å²) in [6, 6.07) is 14.3. The summed E-state index contributed by atoms with van der Waals surface area (Å²) in [4.78, 5) is 0. The maximum Gasteiger partial charge on any atom is 0.222 e. The monoisotopic (exact) mass is 322 g/mol. The van der Waals surface area contributed by atoms with Crippen molar-refractivity contribution in [3.05, 3.63) is 72.1 Å². The van der Waals surface area contributed by atoms with Gasteiger partial charge in [-0.25, -0.2) is 4.39 Å². The van der Waals surface area contributed by atoms with Crippen molar-refractivity contribution in [1.82, 2.24) is 0 Å². The van der Waals surface area contributed by atoms with Crippen molar-refractivity contribution < 1.29 is 13.9 Å². The van der Waals surface area contributed by atoms with E-state index < -0.39 is 6.29 Å². The van der Waals surface area contributed by atoms with E-state index >= 15 is 0 Å². The van der Waals surface area contributed by atoms with Gasteiger partial charge < -0.3 is 9.47 Å². The van der Waals surface area contributed by atoms with Gasteiger partial charge in [-0.3, -0.25) is 0 Å². The molecule has 0 spiro atoms. The van der Waals surface area contributed by atoms with Crippen LogP contribution in [0.15, 0.2) is 60.7 Å². The quantitative estimate of drug-likeness (QED) is 0.602. The van der Waals surface area contributed by atoms with Crippen LogP contribution in [0.1, 0.15) is 12.5 Å². The molecular formula is C21H19FO2. The maximum absolute atomic E-state index is 13.0. The van der Waals surface area contributed by atoms with Crippen LogP contribution in [0.2, 0.25) is 0 Å².